The van der Waals surface area contributed by atoms with Gasteiger partial charge in [0.25, 0.3) is 0 Å². The van der Waals surface area contributed by atoms with Gasteiger partial charge in [0.05, 0.1) is 5.92 Å². The van der Waals surface area contributed by atoms with E-state index in [1.165, 1.54) is 4.90 Å². The van der Waals surface area contributed by atoms with Crippen molar-refractivity contribution in [3.05, 3.63) is 29.8 Å². The highest BCUT2D eigenvalue weighted by Gasteiger charge is 2.38. The Morgan fingerprint density at radius 1 is 1.19 bits per heavy atom. The number of aryl methyl sites for hydroxylation is 1. The van der Waals surface area contributed by atoms with Crippen LogP contribution in [0.15, 0.2) is 24.3 Å². The molecule has 0 unspecified atom stereocenters. The number of nitrogens with zero attached hydrogens (tertiary/aromatic N) is 1. The first-order valence-electron chi connectivity index (χ1n) is 6.78. The zero-order chi connectivity index (χ0) is 15.6. The molecule has 2 N–H and O–H groups in total. The molecule has 0 bridgehead atoms. The van der Waals surface area contributed by atoms with Gasteiger partial charge >= 0.3 is 17.8 Å². The van der Waals surface area contributed by atoms with Crippen LogP contribution in [0.2, 0.25) is 0 Å². The molecule has 112 valence electrons. The molecule has 0 saturated carbocycles. The van der Waals surface area contributed by atoms with Crippen molar-refractivity contribution in [3.63, 3.8) is 0 Å². The van der Waals surface area contributed by atoms with Crippen LogP contribution in [-0.4, -0.2) is 40.9 Å². The Kier molecular flexibility index (Phi) is 4.26. The van der Waals surface area contributed by atoms with Crippen molar-refractivity contribution in [2.45, 2.75) is 13.8 Å². The third-order valence-electron chi connectivity index (χ3n) is 3.72. The summed E-state index contributed by atoms with van der Waals surface area (Å²) < 4.78 is 0. The number of rotatable bonds is 2. The Balaban J connectivity index is 1.99. The summed E-state index contributed by atoms with van der Waals surface area (Å²) in [5, 5.41) is 11.6. The smallest absolute Gasteiger partial charge is 0.313 e. The van der Waals surface area contributed by atoms with Gasteiger partial charge in [-0.2, -0.15) is 0 Å². The van der Waals surface area contributed by atoms with E-state index in [0.29, 0.717) is 5.69 Å². The number of hydrogen-bond acceptors (Lipinski definition) is 3. The molecular formula is C15H18N2O4. The monoisotopic (exact) mass is 290 g/mol. The molecule has 6 heteroatoms. The zero-order valence-electron chi connectivity index (χ0n) is 12.0. The van der Waals surface area contributed by atoms with E-state index in [9.17, 15) is 14.4 Å². The number of benzene rings is 1. The summed E-state index contributed by atoms with van der Waals surface area (Å²) in [6.45, 7) is 4.06. The van der Waals surface area contributed by atoms with Gasteiger partial charge < -0.3 is 15.3 Å². The summed E-state index contributed by atoms with van der Waals surface area (Å²) in [6.07, 6.45) is 0. The van der Waals surface area contributed by atoms with Crippen molar-refractivity contribution in [2.75, 3.05) is 18.4 Å². The molecule has 6 nitrogen and oxygen atoms in total. The second-order valence-electron chi connectivity index (χ2n) is 5.45. The van der Waals surface area contributed by atoms with Crippen LogP contribution in [0.5, 0.6) is 0 Å². The highest BCUT2D eigenvalue weighted by molar-refractivity contribution is 6.39. The first-order chi connectivity index (χ1) is 9.88. The van der Waals surface area contributed by atoms with Crippen molar-refractivity contribution < 1.29 is 19.5 Å². The number of hydrogen-bond donors (Lipinski definition) is 2. The fourth-order valence-corrected chi connectivity index (χ4v) is 2.42. The molecule has 0 spiro atoms. The molecule has 2 amide bonds. The van der Waals surface area contributed by atoms with E-state index < -0.39 is 23.7 Å². The van der Waals surface area contributed by atoms with E-state index in [0.717, 1.165) is 5.56 Å². The fourth-order valence-electron chi connectivity index (χ4n) is 2.42. The summed E-state index contributed by atoms with van der Waals surface area (Å²) in [5.41, 5.74) is 1.60. The molecule has 1 heterocycles. The van der Waals surface area contributed by atoms with E-state index in [1.54, 1.807) is 19.1 Å². The number of likely N-dealkylation sites (tertiary alicyclic amines) is 1. The van der Waals surface area contributed by atoms with Crippen molar-refractivity contribution in [1.82, 2.24) is 4.90 Å². The van der Waals surface area contributed by atoms with Crippen molar-refractivity contribution >= 4 is 23.5 Å². The Labute approximate surface area is 122 Å². The van der Waals surface area contributed by atoms with Gasteiger partial charge in [-0.1, -0.05) is 24.6 Å². The van der Waals surface area contributed by atoms with Crippen LogP contribution in [0.4, 0.5) is 5.69 Å². The number of nitrogens with one attached hydrogen (secondary N) is 1. The van der Waals surface area contributed by atoms with E-state index >= 15 is 0 Å². The van der Waals surface area contributed by atoms with Crippen molar-refractivity contribution in [2.24, 2.45) is 11.8 Å². The Morgan fingerprint density at radius 3 is 2.33 bits per heavy atom. The highest BCUT2D eigenvalue weighted by Crippen LogP contribution is 2.23. The third kappa shape index (κ3) is 3.39. The molecule has 0 aromatic heterocycles. The summed E-state index contributed by atoms with van der Waals surface area (Å²) in [7, 11) is 0. The van der Waals surface area contributed by atoms with E-state index in [1.807, 2.05) is 19.1 Å². The molecule has 1 aromatic rings. The normalized spacial score (nSPS) is 21.1. The van der Waals surface area contributed by atoms with Gasteiger partial charge in [-0.25, -0.2) is 0 Å². The maximum atomic E-state index is 12.1. The zero-order valence-corrected chi connectivity index (χ0v) is 12.0. The summed E-state index contributed by atoms with van der Waals surface area (Å²) in [4.78, 5) is 36.3. The van der Waals surface area contributed by atoms with Gasteiger partial charge in [0, 0.05) is 18.8 Å². The lowest BCUT2D eigenvalue weighted by atomic mass is 9.99. The van der Waals surface area contributed by atoms with Gasteiger partial charge in [-0.3, -0.25) is 14.4 Å². The van der Waals surface area contributed by atoms with Crippen LogP contribution < -0.4 is 5.32 Å². The Hall–Kier alpha value is -2.37. The molecule has 1 aliphatic heterocycles. The summed E-state index contributed by atoms with van der Waals surface area (Å²) in [5.74, 6) is -3.13. The Bertz CT molecular complexity index is 568. The number of amides is 2. The average molecular weight is 290 g/mol. The second-order valence-corrected chi connectivity index (χ2v) is 5.45. The van der Waals surface area contributed by atoms with Gasteiger partial charge in [0.2, 0.25) is 0 Å². The maximum absolute atomic E-state index is 12.1. The van der Waals surface area contributed by atoms with Crippen LogP contribution in [0.1, 0.15) is 12.5 Å². The minimum atomic E-state index is -0.934. The van der Waals surface area contributed by atoms with Crippen LogP contribution in [0.3, 0.4) is 0 Å². The van der Waals surface area contributed by atoms with Gasteiger partial charge in [0.1, 0.15) is 0 Å². The van der Waals surface area contributed by atoms with E-state index in [4.69, 9.17) is 5.11 Å². The number of carboxylic acids is 1. The van der Waals surface area contributed by atoms with Gasteiger partial charge in [-0.05, 0) is 25.0 Å². The lowest BCUT2D eigenvalue weighted by molar-refractivity contribution is -0.144. The minimum absolute atomic E-state index is 0.0800. The van der Waals surface area contributed by atoms with Crippen LogP contribution in [0.25, 0.3) is 0 Å². The lowest BCUT2D eigenvalue weighted by Gasteiger charge is -2.15. The molecule has 1 aliphatic rings. The number of anilines is 1. The summed E-state index contributed by atoms with van der Waals surface area (Å²) >= 11 is 0. The summed E-state index contributed by atoms with van der Waals surface area (Å²) in [6, 6.07) is 7.09. The van der Waals surface area contributed by atoms with Crippen LogP contribution in [-0.2, 0) is 14.4 Å². The number of carbonyl (C=O) groups excluding carboxylic acids is 2. The quantitative estimate of drug-likeness (QED) is 0.799. The molecular weight excluding hydrogens is 272 g/mol. The molecule has 0 radical (unpaired) electrons. The largest absolute Gasteiger partial charge is 0.481 e. The van der Waals surface area contributed by atoms with Crippen molar-refractivity contribution in [1.29, 1.82) is 0 Å². The predicted molar refractivity (Wildman–Crippen MR) is 76.7 cm³/mol. The van der Waals surface area contributed by atoms with Gasteiger partial charge in [-0.15, -0.1) is 0 Å². The van der Waals surface area contributed by atoms with Crippen LogP contribution >= 0.6 is 0 Å². The van der Waals surface area contributed by atoms with Crippen LogP contribution in [0, 0.1) is 18.8 Å². The van der Waals surface area contributed by atoms with E-state index in [2.05, 4.69) is 5.32 Å². The Morgan fingerprint density at radius 2 is 1.81 bits per heavy atom. The molecule has 1 aromatic carbocycles. The van der Waals surface area contributed by atoms with Crippen molar-refractivity contribution in [3.8, 4) is 0 Å². The topological polar surface area (TPSA) is 86.7 Å². The maximum Gasteiger partial charge on any atom is 0.313 e. The lowest BCUT2D eigenvalue weighted by Crippen LogP contribution is -2.38. The molecule has 1 fully saturated rings. The highest BCUT2D eigenvalue weighted by atomic mass is 16.4. The fraction of sp³-hybridized carbons (Fsp3) is 0.400. The number of aliphatic carboxylic acids is 1. The SMILES string of the molecule is Cc1ccc(NC(=O)C(=O)N2C[C@@H](C)[C@H](C(=O)O)C2)cc1. The first kappa shape index (κ1) is 15.0. The number of carboxylic acid groups (broad SMARTS) is 1. The molecule has 2 atom stereocenters. The second kappa shape index (κ2) is 5.95. The molecule has 0 aliphatic carbocycles. The number of carbonyl (C=O) groups is 3. The minimum Gasteiger partial charge on any atom is -0.481 e. The molecule has 21 heavy (non-hydrogen) atoms. The van der Waals surface area contributed by atoms with Gasteiger partial charge in [0.15, 0.2) is 0 Å². The standard InChI is InChI=1S/C15H18N2O4/c1-9-3-5-11(6-4-9)16-13(18)14(19)17-7-10(2)12(8-17)15(20)21/h3-6,10,12H,7-8H2,1-2H3,(H,16,18)(H,20,21)/t10-,12-/m1/s1. The third-order valence-corrected chi connectivity index (χ3v) is 3.72. The predicted octanol–water partition coefficient (Wildman–Crippen LogP) is 1.11. The average Bonchev–Trinajstić information content (AvgIpc) is 2.82. The van der Waals surface area contributed by atoms with E-state index in [-0.39, 0.29) is 19.0 Å². The molecule has 2 rings (SSSR count). The molecule has 1 saturated heterocycles. The first-order valence-corrected chi connectivity index (χ1v) is 6.78.